The van der Waals surface area contributed by atoms with Crippen LogP contribution in [0.1, 0.15) is 48.3 Å². The smallest absolute Gasteiger partial charge is 0.410 e. The van der Waals surface area contributed by atoms with Crippen LogP contribution >= 0.6 is 11.3 Å². The molecule has 2 aliphatic rings. The van der Waals surface area contributed by atoms with E-state index in [0.717, 1.165) is 16.9 Å². The number of halogens is 1. The average molecular weight is 483 g/mol. The molecule has 2 unspecified atom stereocenters. The molecular formula is C25H27FN4O3S. The Bertz CT molecular complexity index is 1220. The lowest BCUT2D eigenvalue weighted by Gasteiger charge is -2.49. The molecule has 2 atom stereocenters. The highest BCUT2D eigenvalue weighted by Gasteiger charge is 2.54. The number of ether oxygens (including phenoxy) is 1. The number of carbonyl (C=O) groups is 2. The van der Waals surface area contributed by atoms with Crippen LogP contribution in [0.25, 0.3) is 5.69 Å². The standard InChI is InChI=1S/C25H27FN4O3S/c1-24(2,3)33-23(32)29-10-8-17-12-20-16(14-28-30(20)19-6-4-18(26)5-7-19)13-25(17,15-29)21(31)22-27-9-11-34-22/h4-7,9,11,14,17H,8,10,12-13,15H2,1-3H3. The molecule has 1 aliphatic heterocycles. The van der Waals surface area contributed by atoms with Gasteiger partial charge in [-0.15, -0.1) is 11.3 Å². The maximum atomic E-state index is 13.9. The molecule has 0 bridgehead atoms. The van der Waals surface area contributed by atoms with Crippen LogP contribution in [-0.2, 0) is 17.6 Å². The summed E-state index contributed by atoms with van der Waals surface area (Å²) >= 11 is 1.33. The predicted octanol–water partition coefficient (Wildman–Crippen LogP) is 4.69. The summed E-state index contributed by atoms with van der Waals surface area (Å²) in [5, 5.41) is 6.84. The highest BCUT2D eigenvalue weighted by Crippen LogP contribution is 2.48. The van der Waals surface area contributed by atoms with Crippen molar-refractivity contribution in [2.75, 3.05) is 13.1 Å². The molecule has 0 spiro atoms. The lowest BCUT2D eigenvalue weighted by molar-refractivity contribution is -0.0103. The van der Waals surface area contributed by atoms with Gasteiger partial charge in [-0.3, -0.25) is 4.79 Å². The third kappa shape index (κ3) is 4.02. The predicted molar refractivity (Wildman–Crippen MR) is 126 cm³/mol. The SMILES string of the molecule is CC(C)(C)OC(=O)N1CCC2Cc3c(cnn3-c3ccc(F)cc3)CC2(C(=O)c2nccs2)C1. The Balaban J connectivity index is 1.52. The summed E-state index contributed by atoms with van der Waals surface area (Å²) < 4.78 is 20.9. The summed E-state index contributed by atoms with van der Waals surface area (Å²) in [4.78, 5) is 32.8. The third-order valence-electron chi connectivity index (χ3n) is 6.70. The monoisotopic (exact) mass is 482 g/mol. The molecule has 0 saturated carbocycles. The molecule has 9 heteroatoms. The minimum absolute atomic E-state index is 0.0194. The van der Waals surface area contributed by atoms with Crippen molar-refractivity contribution in [2.24, 2.45) is 11.3 Å². The molecule has 2 aromatic heterocycles. The molecule has 7 nitrogen and oxygen atoms in total. The van der Waals surface area contributed by atoms with E-state index < -0.39 is 17.1 Å². The number of fused-ring (bicyclic) bond motifs is 2. The van der Waals surface area contributed by atoms with Crippen molar-refractivity contribution in [1.82, 2.24) is 19.7 Å². The largest absolute Gasteiger partial charge is 0.444 e. The number of hydrogen-bond donors (Lipinski definition) is 0. The van der Waals surface area contributed by atoms with Gasteiger partial charge in [-0.05, 0) is 75.8 Å². The summed E-state index contributed by atoms with van der Waals surface area (Å²) in [6, 6.07) is 6.25. The van der Waals surface area contributed by atoms with E-state index in [0.29, 0.717) is 30.8 Å². The van der Waals surface area contributed by atoms with Crippen LogP contribution < -0.4 is 0 Å². The molecule has 1 aliphatic carbocycles. The number of likely N-dealkylation sites (tertiary alicyclic amines) is 1. The number of amides is 1. The number of aromatic nitrogens is 3. The fourth-order valence-corrected chi connectivity index (χ4v) is 5.84. The van der Waals surface area contributed by atoms with Gasteiger partial charge in [0.25, 0.3) is 0 Å². The Labute approximate surface area is 201 Å². The molecule has 0 radical (unpaired) electrons. The third-order valence-corrected chi connectivity index (χ3v) is 7.48. The highest BCUT2D eigenvalue weighted by atomic mass is 32.1. The van der Waals surface area contributed by atoms with Crippen LogP contribution in [0, 0.1) is 17.2 Å². The van der Waals surface area contributed by atoms with Crippen LogP contribution in [0.4, 0.5) is 9.18 Å². The lowest BCUT2D eigenvalue weighted by Crippen LogP contribution is -2.58. The summed E-state index contributed by atoms with van der Waals surface area (Å²) in [5.41, 5.74) is 1.38. The van der Waals surface area contributed by atoms with Gasteiger partial charge in [-0.25, -0.2) is 18.9 Å². The van der Waals surface area contributed by atoms with Gasteiger partial charge in [0.15, 0.2) is 10.8 Å². The fraction of sp³-hybridized carbons (Fsp3) is 0.440. The van der Waals surface area contributed by atoms with Crippen LogP contribution in [0.5, 0.6) is 0 Å². The van der Waals surface area contributed by atoms with Crippen molar-refractivity contribution in [2.45, 2.75) is 45.6 Å². The Morgan fingerprint density at radius 2 is 2.00 bits per heavy atom. The first kappa shape index (κ1) is 22.7. The normalized spacial score (nSPS) is 22.1. The van der Waals surface area contributed by atoms with E-state index in [1.165, 1.54) is 23.5 Å². The molecule has 178 valence electrons. The quantitative estimate of drug-likeness (QED) is 0.506. The van der Waals surface area contributed by atoms with Crippen molar-refractivity contribution in [3.63, 3.8) is 0 Å². The maximum Gasteiger partial charge on any atom is 0.410 e. The van der Waals surface area contributed by atoms with Gasteiger partial charge in [0, 0.05) is 30.4 Å². The van der Waals surface area contributed by atoms with E-state index in [4.69, 9.17) is 4.74 Å². The zero-order chi connectivity index (χ0) is 24.1. The van der Waals surface area contributed by atoms with E-state index in [1.807, 2.05) is 25.5 Å². The summed E-state index contributed by atoms with van der Waals surface area (Å²) in [7, 11) is 0. The molecular weight excluding hydrogens is 455 g/mol. The molecule has 1 saturated heterocycles. The van der Waals surface area contributed by atoms with Crippen LogP contribution in [0.15, 0.2) is 42.0 Å². The second-order valence-electron chi connectivity index (χ2n) is 10.1. The summed E-state index contributed by atoms with van der Waals surface area (Å²) in [5.74, 6) is -0.306. The highest BCUT2D eigenvalue weighted by molar-refractivity contribution is 7.11. The van der Waals surface area contributed by atoms with E-state index in [2.05, 4.69) is 10.1 Å². The van der Waals surface area contributed by atoms with Crippen molar-refractivity contribution >= 4 is 23.2 Å². The average Bonchev–Trinajstić information content (AvgIpc) is 3.46. The van der Waals surface area contributed by atoms with Gasteiger partial charge < -0.3 is 9.64 Å². The fourth-order valence-electron chi connectivity index (χ4n) is 5.15. The van der Waals surface area contributed by atoms with E-state index in [9.17, 15) is 14.0 Å². The minimum atomic E-state index is -0.795. The first-order valence-electron chi connectivity index (χ1n) is 11.4. The number of rotatable bonds is 3. The Hall–Kier alpha value is -3.07. The molecule has 0 N–H and O–H groups in total. The summed E-state index contributed by atoms with van der Waals surface area (Å²) in [6.07, 6.45) is 4.81. The van der Waals surface area contributed by atoms with E-state index >= 15 is 0 Å². The molecule has 5 rings (SSSR count). The van der Waals surface area contributed by atoms with Crippen molar-refractivity contribution in [3.05, 3.63) is 64.1 Å². The van der Waals surface area contributed by atoms with Crippen molar-refractivity contribution in [3.8, 4) is 5.69 Å². The second kappa shape index (κ2) is 8.30. The van der Waals surface area contributed by atoms with E-state index in [-0.39, 0.29) is 24.1 Å². The number of carbonyl (C=O) groups excluding carboxylic acids is 2. The van der Waals surface area contributed by atoms with E-state index in [1.54, 1.807) is 34.8 Å². The van der Waals surface area contributed by atoms with Crippen molar-refractivity contribution in [1.29, 1.82) is 0 Å². The number of Topliss-reactive ketones (excluding diaryl/α,β-unsaturated/α-hetero) is 1. The van der Waals surface area contributed by atoms with Gasteiger partial charge in [0.2, 0.25) is 0 Å². The Morgan fingerprint density at radius 3 is 2.68 bits per heavy atom. The van der Waals surface area contributed by atoms with Crippen LogP contribution in [0.3, 0.4) is 0 Å². The molecule has 34 heavy (non-hydrogen) atoms. The lowest BCUT2D eigenvalue weighted by atomic mass is 9.60. The number of ketones is 1. The maximum absolute atomic E-state index is 13.9. The minimum Gasteiger partial charge on any atom is -0.444 e. The Morgan fingerprint density at radius 1 is 1.24 bits per heavy atom. The zero-order valence-electron chi connectivity index (χ0n) is 19.5. The van der Waals surface area contributed by atoms with Crippen LogP contribution in [0.2, 0.25) is 0 Å². The van der Waals surface area contributed by atoms with Gasteiger partial charge in [0.1, 0.15) is 11.4 Å². The number of thiazole rings is 1. The topological polar surface area (TPSA) is 77.3 Å². The molecule has 1 amide bonds. The molecule has 3 heterocycles. The summed E-state index contributed by atoms with van der Waals surface area (Å²) in [6.45, 7) is 6.32. The molecule has 3 aromatic rings. The molecule has 1 fully saturated rings. The zero-order valence-corrected chi connectivity index (χ0v) is 20.3. The van der Waals surface area contributed by atoms with Gasteiger partial charge in [-0.2, -0.15) is 5.10 Å². The second-order valence-corrected chi connectivity index (χ2v) is 11.0. The number of benzene rings is 1. The number of piperidine rings is 1. The number of hydrogen-bond acceptors (Lipinski definition) is 6. The number of nitrogens with zero attached hydrogens (tertiary/aromatic N) is 4. The first-order valence-corrected chi connectivity index (χ1v) is 12.3. The Kier molecular flexibility index (Phi) is 5.55. The van der Waals surface area contributed by atoms with Gasteiger partial charge in [-0.1, -0.05) is 0 Å². The molecule has 1 aromatic carbocycles. The first-order chi connectivity index (χ1) is 16.2. The van der Waals surface area contributed by atoms with Crippen molar-refractivity contribution < 1.29 is 18.7 Å². The van der Waals surface area contributed by atoms with Gasteiger partial charge in [0.05, 0.1) is 17.3 Å². The van der Waals surface area contributed by atoms with Crippen LogP contribution in [-0.4, -0.2) is 50.2 Å². The van der Waals surface area contributed by atoms with Gasteiger partial charge >= 0.3 is 6.09 Å².